The van der Waals surface area contributed by atoms with Gasteiger partial charge in [-0.1, -0.05) is 12.1 Å². The smallest absolute Gasteiger partial charge is 0.420 e. The maximum atomic E-state index is 12.7. The van der Waals surface area contributed by atoms with Crippen molar-refractivity contribution in [2.45, 2.75) is 11.4 Å². The number of anilines is 1. The quantitative estimate of drug-likeness (QED) is 0.633. The standard InChI is InChI=1S/C17H16N2O7S/c1-24-14-6-4-3-5-12(14)18-27(22,23)11-7-8-13-15(9-11)26-17(21)19(13)10-16(20)25-2/h3-9,18H,10H2,1-2H3. The number of methoxy groups -OCH3 is 2. The summed E-state index contributed by atoms with van der Waals surface area (Å²) in [7, 11) is -1.33. The number of benzene rings is 2. The Labute approximate surface area is 154 Å². The topological polar surface area (TPSA) is 117 Å². The summed E-state index contributed by atoms with van der Waals surface area (Å²) in [4.78, 5) is 23.2. The van der Waals surface area contributed by atoms with E-state index in [1.54, 1.807) is 24.3 Å². The van der Waals surface area contributed by atoms with Crippen LogP contribution in [-0.4, -0.2) is 33.2 Å². The number of oxazole rings is 1. The molecular formula is C17H16N2O7S. The molecule has 3 aromatic rings. The van der Waals surface area contributed by atoms with Crippen LogP contribution in [0.5, 0.6) is 5.75 Å². The Morgan fingerprint density at radius 2 is 1.93 bits per heavy atom. The van der Waals surface area contributed by atoms with Gasteiger partial charge in [0, 0.05) is 6.07 Å². The molecule has 1 N–H and O–H groups in total. The predicted octanol–water partition coefficient (Wildman–Crippen LogP) is 1.58. The van der Waals surface area contributed by atoms with Gasteiger partial charge < -0.3 is 13.9 Å². The minimum Gasteiger partial charge on any atom is -0.495 e. The normalized spacial score (nSPS) is 11.3. The van der Waals surface area contributed by atoms with E-state index in [1.807, 2.05) is 0 Å². The zero-order valence-electron chi connectivity index (χ0n) is 14.5. The molecule has 0 atom stereocenters. The second kappa shape index (κ2) is 7.16. The van der Waals surface area contributed by atoms with E-state index in [0.29, 0.717) is 5.75 Å². The van der Waals surface area contributed by atoms with E-state index in [4.69, 9.17) is 9.15 Å². The molecule has 0 amide bonds. The lowest BCUT2D eigenvalue weighted by Crippen LogP contribution is -2.20. The number of carbonyl (C=O) groups is 1. The Hall–Kier alpha value is -3.27. The lowest BCUT2D eigenvalue weighted by Gasteiger charge is -2.11. The van der Waals surface area contributed by atoms with Gasteiger partial charge in [-0.15, -0.1) is 0 Å². The number of nitrogens with zero attached hydrogens (tertiary/aromatic N) is 1. The van der Waals surface area contributed by atoms with Gasteiger partial charge >= 0.3 is 11.7 Å². The number of carbonyl (C=O) groups excluding carboxylic acids is 1. The van der Waals surface area contributed by atoms with E-state index in [1.165, 1.54) is 32.4 Å². The number of fused-ring (bicyclic) bond motifs is 1. The molecule has 0 aliphatic carbocycles. The van der Waals surface area contributed by atoms with Crippen molar-refractivity contribution >= 4 is 32.8 Å². The van der Waals surface area contributed by atoms with Crippen LogP contribution >= 0.6 is 0 Å². The van der Waals surface area contributed by atoms with Gasteiger partial charge in [-0.25, -0.2) is 13.2 Å². The molecule has 1 aromatic heterocycles. The lowest BCUT2D eigenvalue weighted by molar-refractivity contribution is -0.141. The van der Waals surface area contributed by atoms with E-state index < -0.39 is 21.7 Å². The zero-order valence-corrected chi connectivity index (χ0v) is 15.3. The van der Waals surface area contributed by atoms with Gasteiger partial charge in [0.2, 0.25) is 0 Å². The Kier molecular flexibility index (Phi) is 4.91. The number of rotatable bonds is 6. The first-order chi connectivity index (χ1) is 12.9. The number of hydrogen-bond acceptors (Lipinski definition) is 7. The molecule has 27 heavy (non-hydrogen) atoms. The highest BCUT2D eigenvalue weighted by atomic mass is 32.2. The van der Waals surface area contributed by atoms with Gasteiger partial charge in [0.05, 0.1) is 30.3 Å². The second-order valence-corrected chi connectivity index (χ2v) is 7.15. The number of para-hydroxylation sites is 2. The van der Waals surface area contributed by atoms with Crippen molar-refractivity contribution < 1.29 is 27.1 Å². The summed E-state index contributed by atoms with van der Waals surface area (Å²) in [5.41, 5.74) is 0.582. The number of esters is 1. The molecule has 10 heteroatoms. The van der Waals surface area contributed by atoms with E-state index in [9.17, 15) is 18.0 Å². The van der Waals surface area contributed by atoms with Crippen LogP contribution in [0.2, 0.25) is 0 Å². The molecule has 0 radical (unpaired) electrons. The van der Waals surface area contributed by atoms with E-state index in [0.717, 1.165) is 4.57 Å². The third-order valence-corrected chi connectivity index (χ3v) is 5.18. The van der Waals surface area contributed by atoms with Gasteiger partial charge in [0.25, 0.3) is 10.0 Å². The highest BCUT2D eigenvalue weighted by molar-refractivity contribution is 7.92. The average Bonchev–Trinajstić information content (AvgIpc) is 2.96. The van der Waals surface area contributed by atoms with Crippen LogP contribution < -0.4 is 15.2 Å². The molecule has 142 valence electrons. The highest BCUT2D eigenvalue weighted by Crippen LogP contribution is 2.27. The fraction of sp³-hybridized carbons (Fsp3) is 0.176. The molecule has 0 spiro atoms. The van der Waals surface area contributed by atoms with E-state index in [-0.39, 0.29) is 28.2 Å². The summed E-state index contributed by atoms with van der Waals surface area (Å²) in [6.07, 6.45) is 0. The van der Waals surface area contributed by atoms with E-state index >= 15 is 0 Å². The van der Waals surface area contributed by atoms with Crippen molar-refractivity contribution in [3.8, 4) is 5.75 Å². The molecule has 0 saturated heterocycles. The van der Waals surface area contributed by atoms with Crippen molar-refractivity contribution in [3.63, 3.8) is 0 Å². The van der Waals surface area contributed by atoms with Crippen LogP contribution in [0.25, 0.3) is 11.1 Å². The summed E-state index contributed by atoms with van der Waals surface area (Å²) < 4.78 is 43.5. The number of nitrogens with one attached hydrogen (secondary N) is 1. The first kappa shape index (κ1) is 18.5. The highest BCUT2D eigenvalue weighted by Gasteiger charge is 2.20. The number of aromatic nitrogens is 1. The zero-order chi connectivity index (χ0) is 19.6. The molecule has 0 aliphatic rings. The lowest BCUT2D eigenvalue weighted by atomic mass is 10.3. The van der Waals surface area contributed by atoms with Crippen LogP contribution in [0, 0.1) is 0 Å². The largest absolute Gasteiger partial charge is 0.495 e. The Morgan fingerprint density at radius 3 is 2.63 bits per heavy atom. The van der Waals surface area contributed by atoms with Gasteiger partial charge in [-0.05, 0) is 24.3 Å². The molecule has 2 aromatic carbocycles. The number of hydrogen-bond donors (Lipinski definition) is 1. The summed E-state index contributed by atoms with van der Waals surface area (Å²) in [5.74, 6) is -1.06. The van der Waals surface area contributed by atoms with Crippen molar-refractivity contribution in [1.29, 1.82) is 0 Å². The number of ether oxygens (including phenoxy) is 2. The number of sulfonamides is 1. The predicted molar refractivity (Wildman–Crippen MR) is 96.3 cm³/mol. The van der Waals surface area contributed by atoms with Crippen molar-refractivity contribution in [3.05, 3.63) is 53.0 Å². The monoisotopic (exact) mass is 392 g/mol. The Balaban J connectivity index is 1.99. The van der Waals surface area contributed by atoms with Crippen LogP contribution in [0.15, 0.2) is 56.6 Å². The van der Waals surface area contributed by atoms with Crippen LogP contribution in [0.3, 0.4) is 0 Å². The van der Waals surface area contributed by atoms with Crippen LogP contribution in [0.1, 0.15) is 0 Å². The van der Waals surface area contributed by atoms with Crippen LogP contribution in [-0.2, 0) is 26.1 Å². The van der Waals surface area contributed by atoms with Crippen molar-refractivity contribution in [2.75, 3.05) is 18.9 Å². The van der Waals surface area contributed by atoms with Gasteiger partial charge in [-0.3, -0.25) is 14.1 Å². The van der Waals surface area contributed by atoms with Crippen molar-refractivity contribution in [2.24, 2.45) is 0 Å². The summed E-state index contributed by atoms with van der Waals surface area (Å²) in [6.45, 7) is -0.339. The van der Waals surface area contributed by atoms with Gasteiger partial charge in [0.15, 0.2) is 5.58 Å². The molecule has 0 bridgehead atoms. The fourth-order valence-electron chi connectivity index (χ4n) is 2.49. The molecular weight excluding hydrogens is 376 g/mol. The summed E-state index contributed by atoms with van der Waals surface area (Å²) >= 11 is 0. The summed E-state index contributed by atoms with van der Waals surface area (Å²) in [6, 6.07) is 10.5. The van der Waals surface area contributed by atoms with E-state index in [2.05, 4.69) is 9.46 Å². The molecule has 0 unspecified atom stereocenters. The Bertz CT molecular complexity index is 1160. The molecule has 1 heterocycles. The first-order valence-corrected chi connectivity index (χ1v) is 9.20. The minimum atomic E-state index is -3.96. The molecule has 0 fully saturated rings. The van der Waals surface area contributed by atoms with Crippen molar-refractivity contribution in [1.82, 2.24) is 4.57 Å². The third-order valence-electron chi connectivity index (χ3n) is 3.82. The fourth-order valence-corrected chi connectivity index (χ4v) is 3.58. The molecule has 3 rings (SSSR count). The van der Waals surface area contributed by atoms with Crippen LogP contribution in [0.4, 0.5) is 5.69 Å². The summed E-state index contributed by atoms with van der Waals surface area (Å²) in [5, 5.41) is 0. The minimum absolute atomic E-state index is 0.0341. The maximum absolute atomic E-state index is 12.7. The molecule has 9 nitrogen and oxygen atoms in total. The van der Waals surface area contributed by atoms with Gasteiger partial charge in [-0.2, -0.15) is 0 Å². The SMILES string of the molecule is COC(=O)Cn1c(=O)oc2cc(S(=O)(=O)Nc3ccccc3OC)ccc21. The third kappa shape index (κ3) is 3.65. The maximum Gasteiger partial charge on any atom is 0.420 e. The molecule has 0 saturated carbocycles. The Morgan fingerprint density at radius 1 is 1.19 bits per heavy atom. The molecule has 0 aliphatic heterocycles. The second-order valence-electron chi connectivity index (χ2n) is 5.47. The van der Waals surface area contributed by atoms with Gasteiger partial charge in [0.1, 0.15) is 12.3 Å². The average molecular weight is 392 g/mol. The first-order valence-electron chi connectivity index (χ1n) is 7.72.